The minimum atomic E-state index is -0.930. The molecule has 6 aromatic carbocycles. The molecule has 0 amide bonds. The van der Waals surface area contributed by atoms with Crippen molar-refractivity contribution >= 4 is 11.0 Å². The number of aryl methyl sites for hydroxylation is 2. The first-order chi connectivity index (χ1) is 30.0. The number of hydrogen-bond acceptors (Lipinski definition) is 3. The predicted octanol–water partition coefficient (Wildman–Crippen LogP) is 15.9. The Balaban J connectivity index is 0.00000630. The molecule has 2 heterocycles. The average Bonchev–Trinajstić information content (AvgIpc) is 3.63. The van der Waals surface area contributed by atoms with E-state index in [1.807, 2.05) is 39.1 Å². The zero-order valence-corrected chi connectivity index (χ0v) is 42.0. The van der Waals surface area contributed by atoms with Crippen molar-refractivity contribution in [3.8, 4) is 67.5 Å². The van der Waals surface area contributed by atoms with E-state index in [4.69, 9.17) is 9.97 Å². The van der Waals surface area contributed by atoms with Crippen LogP contribution < -0.4 is 0 Å². The van der Waals surface area contributed by atoms with Crippen LogP contribution in [-0.2, 0) is 37.3 Å². The second-order valence-corrected chi connectivity index (χ2v) is 20.7. The molecule has 5 heteroatoms. The van der Waals surface area contributed by atoms with Crippen molar-refractivity contribution in [2.45, 2.75) is 112 Å². The molecule has 0 aliphatic carbocycles. The molecule has 2 aromatic heterocycles. The van der Waals surface area contributed by atoms with Gasteiger partial charge in [-0.25, -0.2) is 4.98 Å². The maximum Gasteiger partial charge on any atom is 0.148 e. The van der Waals surface area contributed by atoms with E-state index in [1.54, 1.807) is 0 Å². The van der Waals surface area contributed by atoms with Gasteiger partial charge < -0.3 is 5.11 Å². The molecule has 0 aliphatic heterocycles. The number of rotatable bonds is 7. The summed E-state index contributed by atoms with van der Waals surface area (Å²) in [5.74, 6) is -0.106. The third-order valence-electron chi connectivity index (χ3n) is 12.3. The van der Waals surface area contributed by atoms with Crippen LogP contribution in [0.15, 0.2) is 128 Å². The summed E-state index contributed by atoms with van der Waals surface area (Å²) in [5, 5.41) is 11.8. The number of aromatic hydroxyl groups is 1. The summed E-state index contributed by atoms with van der Waals surface area (Å²) in [7, 11) is 0. The fraction of sp³-hybridized carbons (Fsp3) is 0.288. The van der Waals surface area contributed by atoms with Gasteiger partial charge in [-0.05, 0) is 116 Å². The number of phenols is 1. The Labute approximate surface area is 397 Å². The van der Waals surface area contributed by atoms with Crippen molar-refractivity contribution in [1.29, 1.82) is 0 Å². The van der Waals surface area contributed by atoms with Crippen molar-refractivity contribution in [2.75, 3.05) is 0 Å². The monoisotopic (exact) mass is 1020 g/mol. The molecule has 8 aromatic rings. The zero-order valence-electron chi connectivity index (χ0n) is 40.7. The minimum absolute atomic E-state index is 0. The maximum absolute atomic E-state index is 11.8. The van der Waals surface area contributed by atoms with E-state index in [-0.39, 0.29) is 43.1 Å². The number of pyridine rings is 1. The molecule has 0 bridgehead atoms. The van der Waals surface area contributed by atoms with E-state index < -0.39 is 5.89 Å². The van der Waals surface area contributed by atoms with Crippen LogP contribution in [0.3, 0.4) is 0 Å². The summed E-state index contributed by atoms with van der Waals surface area (Å²) >= 11 is 0. The van der Waals surface area contributed by atoms with Crippen LogP contribution in [0.25, 0.3) is 72.7 Å². The number of benzene rings is 6. The Bertz CT molecular complexity index is 3060. The fourth-order valence-corrected chi connectivity index (χ4v) is 8.79. The van der Waals surface area contributed by atoms with Crippen molar-refractivity contribution in [3.05, 3.63) is 167 Å². The van der Waals surface area contributed by atoms with E-state index in [0.29, 0.717) is 11.4 Å². The quantitative estimate of drug-likeness (QED) is 0.162. The van der Waals surface area contributed by atoms with Crippen molar-refractivity contribution in [2.24, 2.45) is 0 Å². The third-order valence-corrected chi connectivity index (χ3v) is 12.3. The van der Waals surface area contributed by atoms with Crippen LogP contribution in [0.5, 0.6) is 5.75 Å². The SMILES string of the molecule is [2H]C(C)(C)c1cc(-n2c(-c3cc(C)cc(C)c3O)nc3c(-c4[c-]c(-c5cc(-c6ccc(C(C)(C)C)cc6)ccn5)cc(C(C)(C)C)c4)cccc32)ccc1-c1ccccc1C(C)(C)C.[Pt]. The van der Waals surface area contributed by atoms with E-state index in [1.165, 1.54) is 11.1 Å². The number of para-hydroxylation sites is 1. The maximum atomic E-state index is 11.8. The van der Waals surface area contributed by atoms with E-state index in [0.717, 1.165) is 83.6 Å². The summed E-state index contributed by atoms with van der Waals surface area (Å²) in [6.45, 7) is 28.0. The summed E-state index contributed by atoms with van der Waals surface area (Å²) in [6, 6.07) is 46.7. The first-order valence-corrected chi connectivity index (χ1v) is 22.2. The number of nitrogens with zero attached hydrogens (tertiary/aromatic N) is 3. The van der Waals surface area contributed by atoms with Gasteiger partial charge in [-0.3, -0.25) is 9.55 Å². The number of phenolic OH excluding ortho intramolecular Hbond substituents is 1. The summed E-state index contributed by atoms with van der Waals surface area (Å²) in [5.41, 5.74) is 17.4. The Morgan fingerprint density at radius 3 is 1.97 bits per heavy atom. The third kappa shape index (κ3) is 9.05. The van der Waals surface area contributed by atoms with Crippen LogP contribution in [-0.4, -0.2) is 19.6 Å². The summed E-state index contributed by atoms with van der Waals surface area (Å²) in [4.78, 5) is 10.4. The largest absolute Gasteiger partial charge is 0.507 e. The molecule has 0 fully saturated rings. The molecular weight excluding hydrogens is 962 g/mol. The van der Waals surface area contributed by atoms with Gasteiger partial charge in [-0.2, -0.15) is 0 Å². The van der Waals surface area contributed by atoms with E-state index in [9.17, 15) is 6.48 Å². The van der Waals surface area contributed by atoms with Gasteiger partial charge in [0.25, 0.3) is 0 Å². The van der Waals surface area contributed by atoms with E-state index in [2.05, 4.69) is 189 Å². The number of imidazole rings is 1. The Morgan fingerprint density at radius 1 is 0.625 bits per heavy atom. The molecule has 0 saturated carbocycles. The van der Waals surface area contributed by atoms with Crippen LogP contribution in [0.2, 0.25) is 0 Å². The van der Waals surface area contributed by atoms with Crippen LogP contribution in [0.1, 0.15) is 117 Å². The molecule has 0 saturated heterocycles. The molecule has 0 spiro atoms. The topological polar surface area (TPSA) is 50.9 Å². The predicted molar refractivity (Wildman–Crippen MR) is 266 cm³/mol. The van der Waals surface area contributed by atoms with Crippen LogP contribution >= 0.6 is 0 Å². The first-order valence-electron chi connectivity index (χ1n) is 22.7. The molecule has 4 nitrogen and oxygen atoms in total. The molecule has 64 heavy (non-hydrogen) atoms. The number of fused-ring (bicyclic) bond motifs is 1. The molecule has 0 unspecified atom stereocenters. The normalized spacial score (nSPS) is 12.6. The molecule has 0 radical (unpaired) electrons. The van der Waals surface area contributed by atoms with Gasteiger partial charge in [-0.1, -0.05) is 166 Å². The Morgan fingerprint density at radius 2 is 1.30 bits per heavy atom. The number of hydrogen-bond donors (Lipinski definition) is 1. The second kappa shape index (κ2) is 17.4. The van der Waals surface area contributed by atoms with Gasteiger partial charge in [0, 0.05) is 40.0 Å². The smallest absolute Gasteiger partial charge is 0.148 e. The molecule has 1 N–H and O–H groups in total. The van der Waals surface area contributed by atoms with Gasteiger partial charge in [0.05, 0.1) is 16.6 Å². The van der Waals surface area contributed by atoms with E-state index >= 15 is 0 Å². The molecule has 8 rings (SSSR count). The first kappa shape index (κ1) is 45.0. The van der Waals surface area contributed by atoms with Crippen LogP contribution in [0.4, 0.5) is 0 Å². The van der Waals surface area contributed by atoms with Crippen molar-refractivity contribution in [1.82, 2.24) is 14.5 Å². The molecular formula is C59H62N3OPt-. The molecule has 0 atom stereocenters. The average molecular weight is 1030 g/mol. The van der Waals surface area contributed by atoms with Gasteiger partial charge in [0.1, 0.15) is 11.6 Å². The summed E-state index contributed by atoms with van der Waals surface area (Å²) < 4.78 is 11.7. The summed E-state index contributed by atoms with van der Waals surface area (Å²) in [6.07, 6.45) is 1.89. The van der Waals surface area contributed by atoms with Gasteiger partial charge in [0.2, 0.25) is 0 Å². The van der Waals surface area contributed by atoms with Gasteiger partial charge >= 0.3 is 0 Å². The molecule has 330 valence electrons. The van der Waals surface area contributed by atoms with Crippen molar-refractivity contribution < 1.29 is 27.5 Å². The van der Waals surface area contributed by atoms with Gasteiger partial charge in [0.15, 0.2) is 0 Å². The minimum Gasteiger partial charge on any atom is -0.507 e. The Hall–Kier alpha value is -5.57. The van der Waals surface area contributed by atoms with Gasteiger partial charge in [-0.15, -0.1) is 29.3 Å². The van der Waals surface area contributed by atoms with Crippen molar-refractivity contribution in [3.63, 3.8) is 0 Å². The second-order valence-electron chi connectivity index (χ2n) is 20.7. The Kier molecular flexibility index (Phi) is 12.3. The van der Waals surface area contributed by atoms with Crippen LogP contribution in [0, 0.1) is 19.9 Å². The zero-order chi connectivity index (χ0) is 46.1. The number of aromatic nitrogens is 3. The fourth-order valence-electron chi connectivity index (χ4n) is 8.79. The standard InChI is InChI=1S/C59H62N3O.Pt/c1-36(2)49-35-45(25-26-47(49)48-17-14-15-19-51(48)59(11,12)13)62-53-20-16-18-46(54(53)61-56(62)50-30-37(3)29-38(4)55(50)63)41-31-42(33-44(32-41)58(8,9)10)52-34-40(27-28-60-52)39-21-23-43(24-22-39)57(5,6)7;/h14-30,32-36,63H,1-13H3;/q-1;/i36D;. The molecule has 0 aliphatic rings.